The highest BCUT2D eigenvalue weighted by Gasteiger charge is 2.39. The van der Waals surface area contributed by atoms with Crippen LogP contribution in [0.15, 0.2) is 0 Å². The van der Waals surface area contributed by atoms with Crippen molar-refractivity contribution in [2.24, 2.45) is 11.3 Å². The Balaban J connectivity index is 2.76. The van der Waals surface area contributed by atoms with E-state index in [1.165, 1.54) is 0 Å². The molecule has 18 heavy (non-hydrogen) atoms. The number of ether oxygens (including phenoxy) is 1. The fraction of sp³-hybridized carbons (Fsp3) is 1.00. The lowest BCUT2D eigenvalue weighted by atomic mass is 9.68. The summed E-state index contributed by atoms with van der Waals surface area (Å²) in [5.41, 5.74) is 0.311. The number of hydrogen-bond donors (Lipinski definition) is 1. The van der Waals surface area contributed by atoms with Crippen LogP contribution in [0, 0.1) is 11.3 Å². The van der Waals surface area contributed by atoms with Crippen molar-refractivity contribution in [1.82, 2.24) is 4.90 Å². The molecule has 1 aliphatic rings. The molecule has 0 aromatic rings. The number of nitrogens with zero attached hydrogens (tertiary/aromatic N) is 1. The molecule has 0 spiro atoms. The molecule has 0 bridgehead atoms. The first-order chi connectivity index (χ1) is 8.40. The van der Waals surface area contributed by atoms with Gasteiger partial charge < -0.3 is 9.84 Å². The van der Waals surface area contributed by atoms with Crippen molar-refractivity contribution < 1.29 is 9.84 Å². The number of likely N-dealkylation sites (N-methyl/N-ethyl adjacent to an activating group) is 1. The Morgan fingerprint density at radius 3 is 2.44 bits per heavy atom. The fourth-order valence-electron chi connectivity index (χ4n) is 3.31. The maximum Gasteiger partial charge on any atom is 0.0589 e. The van der Waals surface area contributed by atoms with E-state index >= 15 is 0 Å². The molecule has 0 heterocycles. The number of methoxy groups -OCH3 is 1. The molecule has 108 valence electrons. The first-order valence-corrected chi connectivity index (χ1v) is 7.31. The lowest BCUT2D eigenvalue weighted by Gasteiger charge is -2.47. The fourth-order valence-corrected chi connectivity index (χ4v) is 3.31. The van der Waals surface area contributed by atoms with Crippen LogP contribution in [0.4, 0.5) is 0 Å². The van der Waals surface area contributed by atoms with Crippen LogP contribution in [0.1, 0.15) is 47.0 Å². The van der Waals surface area contributed by atoms with Gasteiger partial charge in [0.25, 0.3) is 0 Å². The normalized spacial score (nSPS) is 29.8. The minimum atomic E-state index is -0.120. The first-order valence-electron chi connectivity index (χ1n) is 7.31. The van der Waals surface area contributed by atoms with E-state index in [0.29, 0.717) is 17.4 Å². The second-order valence-corrected chi connectivity index (χ2v) is 6.63. The van der Waals surface area contributed by atoms with Gasteiger partial charge in [0.2, 0.25) is 0 Å². The van der Waals surface area contributed by atoms with Gasteiger partial charge in [0.05, 0.1) is 12.7 Å². The van der Waals surface area contributed by atoms with Crippen LogP contribution in [0.25, 0.3) is 0 Å². The molecule has 1 saturated carbocycles. The molecule has 0 aromatic heterocycles. The summed E-state index contributed by atoms with van der Waals surface area (Å²) in [5, 5.41) is 9.98. The van der Waals surface area contributed by atoms with E-state index in [2.05, 4.69) is 32.6 Å². The highest BCUT2D eigenvalue weighted by atomic mass is 16.5. The summed E-state index contributed by atoms with van der Waals surface area (Å²) in [6.45, 7) is 12.0. The molecule has 3 nitrogen and oxygen atoms in total. The van der Waals surface area contributed by atoms with Gasteiger partial charge in [0.15, 0.2) is 0 Å². The summed E-state index contributed by atoms with van der Waals surface area (Å²) < 4.78 is 5.21. The SMILES string of the molecule is CCN(CCOC)C1CC(O)CCC1C(C)(C)C. The van der Waals surface area contributed by atoms with Crippen LogP contribution in [0.2, 0.25) is 0 Å². The second-order valence-electron chi connectivity index (χ2n) is 6.63. The van der Waals surface area contributed by atoms with Gasteiger partial charge in [-0.25, -0.2) is 0 Å². The summed E-state index contributed by atoms with van der Waals surface area (Å²) in [6.07, 6.45) is 2.89. The largest absolute Gasteiger partial charge is 0.393 e. The van der Waals surface area contributed by atoms with E-state index in [4.69, 9.17) is 4.74 Å². The summed E-state index contributed by atoms with van der Waals surface area (Å²) in [6, 6.07) is 0.494. The van der Waals surface area contributed by atoms with Crippen LogP contribution in [-0.2, 0) is 4.74 Å². The third kappa shape index (κ3) is 4.22. The lowest BCUT2D eigenvalue weighted by molar-refractivity contribution is -0.0168. The second kappa shape index (κ2) is 6.88. The van der Waals surface area contributed by atoms with Crippen molar-refractivity contribution in [3.63, 3.8) is 0 Å². The number of aliphatic hydroxyl groups is 1. The zero-order valence-corrected chi connectivity index (χ0v) is 12.8. The Labute approximate surface area is 113 Å². The van der Waals surface area contributed by atoms with Gasteiger partial charge in [0.1, 0.15) is 0 Å². The van der Waals surface area contributed by atoms with Crippen molar-refractivity contribution in [2.75, 3.05) is 26.8 Å². The Morgan fingerprint density at radius 1 is 1.28 bits per heavy atom. The average Bonchev–Trinajstić information content (AvgIpc) is 2.28. The number of rotatable bonds is 5. The lowest BCUT2D eigenvalue weighted by Crippen LogP contribution is -2.50. The predicted octanol–water partition coefficient (Wildman–Crippen LogP) is 2.53. The van der Waals surface area contributed by atoms with E-state index in [9.17, 15) is 5.11 Å². The van der Waals surface area contributed by atoms with Crippen LogP contribution >= 0.6 is 0 Å². The van der Waals surface area contributed by atoms with Crippen LogP contribution in [0.5, 0.6) is 0 Å². The number of hydrogen-bond acceptors (Lipinski definition) is 3. The van der Waals surface area contributed by atoms with Crippen molar-refractivity contribution in [3.8, 4) is 0 Å². The zero-order valence-electron chi connectivity index (χ0n) is 12.8. The standard InChI is InChI=1S/C15H31NO2/c1-6-16(9-10-18-5)14-11-12(17)7-8-13(14)15(2,3)4/h12-14,17H,6-11H2,1-5H3. The van der Waals surface area contributed by atoms with E-state index in [1.807, 2.05) is 0 Å². The Hall–Kier alpha value is -0.120. The van der Waals surface area contributed by atoms with Gasteiger partial charge in [-0.3, -0.25) is 4.90 Å². The maximum atomic E-state index is 9.98. The van der Waals surface area contributed by atoms with Gasteiger partial charge in [-0.1, -0.05) is 27.7 Å². The predicted molar refractivity (Wildman–Crippen MR) is 75.7 cm³/mol. The molecule has 0 aromatic carbocycles. The van der Waals surface area contributed by atoms with Gasteiger partial charge in [-0.15, -0.1) is 0 Å². The van der Waals surface area contributed by atoms with E-state index in [-0.39, 0.29) is 6.10 Å². The molecule has 3 atom stereocenters. The third-order valence-electron chi connectivity index (χ3n) is 4.36. The topological polar surface area (TPSA) is 32.7 Å². The minimum Gasteiger partial charge on any atom is -0.393 e. The monoisotopic (exact) mass is 257 g/mol. The summed E-state index contributed by atoms with van der Waals surface area (Å²) in [7, 11) is 1.75. The van der Waals surface area contributed by atoms with Gasteiger partial charge >= 0.3 is 0 Å². The van der Waals surface area contributed by atoms with Crippen molar-refractivity contribution in [2.45, 2.75) is 59.1 Å². The Kier molecular flexibility index (Phi) is 6.09. The van der Waals surface area contributed by atoms with Gasteiger partial charge in [-0.05, 0) is 37.1 Å². The van der Waals surface area contributed by atoms with Gasteiger partial charge in [0, 0.05) is 19.7 Å². The molecular weight excluding hydrogens is 226 g/mol. The molecule has 3 heteroatoms. The summed E-state index contributed by atoms with van der Waals surface area (Å²) in [4.78, 5) is 2.49. The van der Waals surface area contributed by atoms with E-state index in [0.717, 1.165) is 39.0 Å². The molecule has 3 unspecified atom stereocenters. The van der Waals surface area contributed by atoms with Gasteiger partial charge in [-0.2, -0.15) is 0 Å². The van der Waals surface area contributed by atoms with Crippen molar-refractivity contribution in [3.05, 3.63) is 0 Å². The molecule has 0 saturated heterocycles. The molecule has 0 aliphatic heterocycles. The molecule has 1 N–H and O–H groups in total. The smallest absolute Gasteiger partial charge is 0.0589 e. The van der Waals surface area contributed by atoms with Crippen LogP contribution in [-0.4, -0.2) is 49.0 Å². The molecule has 1 rings (SSSR count). The first kappa shape index (κ1) is 15.9. The Morgan fingerprint density at radius 2 is 1.94 bits per heavy atom. The number of aliphatic hydroxyl groups excluding tert-OH is 1. The van der Waals surface area contributed by atoms with E-state index < -0.39 is 0 Å². The highest BCUT2D eigenvalue weighted by Crippen LogP contribution is 2.40. The molecule has 0 amide bonds. The highest BCUT2D eigenvalue weighted by molar-refractivity contribution is 4.92. The Bertz CT molecular complexity index is 237. The average molecular weight is 257 g/mol. The molecular formula is C15H31NO2. The third-order valence-corrected chi connectivity index (χ3v) is 4.36. The molecule has 1 aliphatic carbocycles. The van der Waals surface area contributed by atoms with Crippen molar-refractivity contribution in [1.29, 1.82) is 0 Å². The minimum absolute atomic E-state index is 0.120. The quantitative estimate of drug-likeness (QED) is 0.821. The van der Waals surface area contributed by atoms with E-state index in [1.54, 1.807) is 7.11 Å². The molecule has 1 fully saturated rings. The van der Waals surface area contributed by atoms with Crippen molar-refractivity contribution >= 4 is 0 Å². The molecule has 0 radical (unpaired) electrons. The summed E-state index contributed by atoms with van der Waals surface area (Å²) in [5.74, 6) is 0.665. The zero-order chi connectivity index (χ0) is 13.8. The van der Waals surface area contributed by atoms with Crippen LogP contribution in [0.3, 0.4) is 0 Å². The van der Waals surface area contributed by atoms with Crippen LogP contribution < -0.4 is 0 Å². The maximum absolute atomic E-state index is 9.98. The summed E-state index contributed by atoms with van der Waals surface area (Å²) >= 11 is 0.